The Hall–Kier alpha value is -0.850. The molecule has 1 N–H and O–H groups in total. The van der Waals surface area contributed by atoms with Crippen LogP contribution in [0.1, 0.15) is 18.5 Å². The zero-order chi connectivity index (χ0) is 13.9. The zero-order valence-electron chi connectivity index (χ0n) is 10.8. The second-order valence-corrected chi connectivity index (χ2v) is 6.45. The van der Waals surface area contributed by atoms with Crippen molar-refractivity contribution in [1.82, 2.24) is 10.3 Å². The van der Waals surface area contributed by atoms with E-state index in [1.807, 2.05) is 30.3 Å². The van der Waals surface area contributed by atoms with Crippen LogP contribution in [0.3, 0.4) is 0 Å². The molecule has 0 amide bonds. The van der Waals surface area contributed by atoms with Gasteiger partial charge >= 0.3 is 0 Å². The third kappa shape index (κ3) is 3.84. The van der Waals surface area contributed by atoms with Gasteiger partial charge in [-0.25, -0.2) is 4.98 Å². The van der Waals surface area contributed by atoms with Crippen molar-refractivity contribution in [1.29, 1.82) is 0 Å². The summed E-state index contributed by atoms with van der Waals surface area (Å²) in [7, 11) is 0. The molecule has 0 aliphatic heterocycles. The van der Waals surface area contributed by atoms with Crippen LogP contribution in [0.2, 0.25) is 5.02 Å². The van der Waals surface area contributed by atoms with E-state index >= 15 is 0 Å². The van der Waals surface area contributed by atoms with Gasteiger partial charge in [-0.1, -0.05) is 17.7 Å². The van der Waals surface area contributed by atoms with E-state index in [2.05, 4.69) is 32.9 Å². The number of aromatic nitrogens is 1. The second kappa shape index (κ2) is 6.28. The molecular formula is C15H14ClIN2O. The van der Waals surface area contributed by atoms with Crippen molar-refractivity contribution < 1.29 is 4.74 Å². The van der Waals surface area contributed by atoms with E-state index in [1.54, 1.807) is 6.07 Å². The van der Waals surface area contributed by atoms with Gasteiger partial charge in [0.25, 0.3) is 0 Å². The summed E-state index contributed by atoms with van der Waals surface area (Å²) in [6.45, 7) is 0.688. The second-order valence-electron chi connectivity index (χ2n) is 4.79. The standard InChI is InChI=1S/C15H14ClIN2O/c16-13-6-7-15(19-14(13)9-18-11-4-5-11)20-12-3-1-2-10(17)8-12/h1-3,6-8,11,18H,4-5,9H2. The van der Waals surface area contributed by atoms with Gasteiger partial charge in [-0.2, -0.15) is 0 Å². The number of benzene rings is 1. The Bertz CT molecular complexity index is 617. The van der Waals surface area contributed by atoms with Crippen LogP contribution in [0, 0.1) is 3.57 Å². The lowest BCUT2D eigenvalue weighted by Crippen LogP contribution is -2.16. The first-order valence-electron chi connectivity index (χ1n) is 6.53. The lowest BCUT2D eigenvalue weighted by Gasteiger charge is -2.09. The largest absolute Gasteiger partial charge is 0.439 e. The molecule has 3 rings (SSSR count). The number of rotatable bonds is 5. The van der Waals surface area contributed by atoms with Crippen molar-refractivity contribution in [2.45, 2.75) is 25.4 Å². The quantitative estimate of drug-likeness (QED) is 0.756. The van der Waals surface area contributed by atoms with E-state index in [0.29, 0.717) is 23.5 Å². The van der Waals surface area contributed by atoms with Crippen LogP contribution in [0.25, 0.3) is 0 Å². The maximum absolute atomic E-state index is 6.17. The van der Waals surface area contributed by atoms with Crippen LogP contribution >= 0.6 is 34.2 Å². The fourth-order valence-corrected chi connectivity index (χ4v) is 2.51. The first kappa shape index (κ1) is 14.1. The van der Waals surface area contributed by atoms with Gasteiger partial charge in [0.1, 0.15) is 5.75 Å². The molecule has 3 nitrogen and oxygen atoms in total. The molecule has 0 atom stereocenters. The van der Waals surface area contributed by atoms with Crippen LogP contribution in [-0.4, -0.2) is 11.0 Å². The summed E-state index contributed by atoms with van der Waals surface area (Å²) in [6, 6.07) is 12.1. The summed E-state index contributed by atoms with van der Waals surface area (Å²) in [5, 5.41) is 4.08. The molecule has 0 spiro atoms. The molecule has 5 heteroatoms. The molecule has 20 heavy (non-hydrogen) atoms. The predicted octanol–water partition coefficient (Wildman–Crippen LogP) is 4.38. The molecule has 0 radical (unpaired) electrons. The Balaban J connectivity index is 1.73. The minimum absolute atomic E-state index is 0.573. The molecule has 0 saturated heterocycles. The molecule has 1 saturated carbocycles. The van der Waals surface area contributed by atoms with Crippen molar-refractivity contribution in [3.05, 3.63) is 50.7 Å². The van der Waals surface area contributed by atoms with Crippen LogP contribution in [-0.2, 0) is 6.54 Å². The van der Waals surface area contributed by atoms with E-state index in [0.717, 1.165) is 15.0 Å². The molecule has 0 unspecified atom stereocenters. The number of ether oxygens (including phenoxy) is 1. The van der Waals surface area contributed by atoms with Crippen LogP contribution in [0.5, 0.6) is 11.6 Å². The highest BCUT2D eigenvalue weighted by Crippen LogP contribution is 2.25. The van der Waals surface area contributed by atoms with Gasteiger partial charge < -0.3 is 10.1 Å². The van der Waals surface area contributed by atoms with Crippen LogP contribution in [0.4, 0.5) is 0 Å². The minimum Gasteiger partial charge on any atom is -0.439 e. The van der Waals surface area contributed by atoms with E-state index in [-0.39, 0.29) is 0 Å². The number of hydrogen-bond donors (Lipinski definition) is 1. The smallest absolute Gasteiger partial charge is 0.219 e. The number of nitrogens with one attached hydrogen (secondary N) is 1. The Morgan fingerprint density at radius 1 is 1.30 bits per heavy atom. The van der Waals surface area contributed by atoms with Crippen LogP contribution in [0.15, 0.2) is 36.4 Å². The van der Waals surface area contributed by atoms with Crippen molar-refractivity contribution >= 4 is 34.2 Å². The predicted molar refractivity (Wildman–Crippen MR) is 88.3 cm³/mol. The summed E-state index contributed by atoms with van der Waals surface area (Å²) in [5.74, 6) is 1.36. The Morgan fingerprint density at radius 3 is 2.90 bits per heavy atom. The molecule has 1 aliphatic rings. The Labute approximate surface area is 136 Å². The lowest BCUT2D eigenvalue weighted by molar-refractivity contribution is 0.459. The summed E-state index contributed by atoms with van der Waals surface area (Å²) < 4.78 is 6.90. The third-order valence-electron chi connectivity index (χ3n) is 3.05. The minimum atomic E-state index is 0.573. The van der Waals surface area contributed by atoms with Crippen molar-refractivity contribution in [2.75, 3.05) is 0 Å². The van der Waals surface area contributed by atoms with Gasteiger partial charge in [-0.3, -0.25) is 0 Å². The van der Waals surface area contributed by atoms with E-state index in [4.69, 9.17) is 16.3 Å². The average Bonchev–Trinajstić information content (AvgIpc) is 3.23. The van der Waals surface area contributed by atoms with Gasteiger partial charge in [0.05, 0.1) is 10.7 Å². The summed E-state index contributed by atoms with van der Waals surface area (Å²) >= 11 is 8.43. The molecule has 1 aliphatic carbocycles. The summed E-state index contributed by atoms with van der Waals surface area (Å²) in [5.41, 5.74) is 0.835. The molecule has 1 aromatic carbocycles. The molecule has 2 aromatic rings. The summed E-state index contributed by atoms with van der Waals surface area (Å²) in [6.07, 6.45) is 2.49. The van der Waals surface area contributed by atoms with E-state index in [9.17, 15) is 0 Å². The monoisotopic (exact) mass is 400 g/mol. The normalized spacial score (nSPS) is 14.3. The van der Waals surface area contributed by atoms with Gasteiger partial charge in [-0.05, 0) is 59.7 Å². The van der Waals surface area contributed by atoms with Crippen molar-refractivity contribution in [3.63, 3.8) is 0 Å². The maximum Gasteiger partial charge on any atom is 0.219 e. The van der Waals surface area contributed by atoms with Gasteiger partial charge in [0.15, 0.2) is 0 Å². The highest BCUT2D eigenvalue weighted by Gasteiger charge is 2.20. The van der Waals surface area contributed by atoms with E-state index < -0.39 is 0 Å². The first-order valence-corrected chi connectivity index (χ1v) is 7.98. The van der Waals surface area contributed by atoms with Crippen LogP contribution < -0.4 is 10.1 Å². The topological polar surface area (TPSA) is 34.1 Å². The van der Waals surface area contributed by atoms with Gasteiger partial charge in [0, 0.05) is 22.2 Å². The number of halogens is 2. The molecule has 0 bridgehead atoms. The first-order chi connectivity index (χ1) is 9.70. The average molecular weight is 401 g/mol. The highest BCUT2D eigenvalue weighted by molar-refractivity contribution is 14.1. The Morgan fingerprint density at radius 2 is 2.15 bits per heavy atom. The SMILES string of the molecule is Clc1ccc(Oc2cccc(I)c2)nc1CNC1CC1. The Kier molecular flexibility index (Phi) is 4.43. The third-order valence-corrected chi connectivity index (χ3v) is 4.06. The molecule has 1 heterocycles. The zero-order valence-corrected chi connectivity index (χ0v) is 13.7. The number of nitrogens with zero attached hydrogens (tertiary/aromatic N) is 1. The van der Waals surface area contributed by atoms with Crippen molar-refractivity contribution in [3.8, 4) is 11.6 Å². The molecule has 104 valence electrons. The molecule has 1 aromatic heterocycles. The maximum atomic E-state index is 6.17. The van der Waals surface area contributed by atoms with E-state index in [1.165, 1.54) is 12.8 Å². The summed E-state index contributed by atoms with van der Waals surface area (Å²) in [4.78, 5) is 4.48. The lowest BCUT2D eigenvalue weighted by atomic mass is 10.3. The fourth-order valence-electron chi connectivity index (χ4n) is 1.82. The molecule has 1 fully saturated rings. The fraction of sp³-hybridized carbons (Fsp3) is 0.267. The number of pyridine rings is 1. The van der Waals surface area contributed by atoms with Crippen molar-refractivity contribution in [2.24, 2.45) is 0 Å². The van der Waals surface area contributed by atoms with Gasteiger partial charge in [-0.15, -0.1) is 0 Å². The highest BCUT2D eigenvalue weighted by atomic mass is 127. The van der Waals surface area contributed by atoms with Gasteiger partial charge in [0.2, 0.25) is 5.88 Å². The molecular weight excluding hydrogens is 387 g/mol. The number of hydrogen-bond acceptors (Lipinski definition) is 3.